The van der Waals surface area contributed by atoms with Crippen molar-refractivity contribution in [1.29, 1.82) is 0 Å². The molecular formula is C127H118. The minimum absolute atomic E-state index is 0.0466. The Balaban J connectivity index is 0.575. The van der Waals surface area contributed by atoms with Crippen LogP contribution in [0.2, 0.25) is 0 Å². The zero-order chi connectivity index (χ0) is 86.7. The molecule has 0 radical (unpaired) electrons. The quantitative estimate of drug-likeness (QED) is 0.0667. The van der Waals surface area contributed by atoms with Gasteiger partial charge < -0.3 is 0 Å². The predicted octanol–water partition coefficient (Wildman–Crippen LogP) is 35.6. The third-order valence-corrected chi connectivity index (χ3v) is 33.1. The van der Waals surface area contributed by atoms with E-state index in [1.807, 2.05) is 0 Å². The monoisotopic (exact) mass is 1640 g/mol. The van der Waals surface area contributed by atoms with Crippen LogP contribution in [0.1, 0.15) is 265 Å². The van der Waals surface area contributed by atoms with Crippen molar-refractivity contribution in [3.8, 4) is 145 Å². The van der Waals surface area contributed by atoms with Gasteiger partial charge in [-0.2, -0.15) is 0 Å². The Morgan fingerprint density at radius 2 is 0.386 bits per heavy atom. The Morgan fingerprint density at radius 1 is 0.157 bits per heavy atom. The molecule has 0 heterocycles. The van der Waals surface area contributed by atoms with Crippen LogP contribution in [0.5, 0.6) is 0 Å². The molecule has 0 saturated heterocycles. The highest BCUT2D eigenvalue weighted by atomic mass is 14.5. The maximum Gasteiger partial charge on any atom is 0.0215 e. The SMILES string of the molecule is CCCCCCCCC1(CCCCCCCC)c2cc3c(cc2-c2cc4c(cc21)-c1c(cc(-c2ccc(-c5ccc6c(c5)C(C)(C)c5cc(-c7ccc8c(c7)C(C)(C)c7ccccc7-8)ccc5-6)cc2)c2ccccc12)C4(C)C)C(C)(C)c1cc(-c2ccc(-c4ccc5c(c4)C(C)(C)c4cc(-c6ccc7c(c6)C(C)(C)c6ccccc6-7)ccc4-5)cc2)c2ccccc2c1-3. The Labute approximate surface area is 754 Å². The first kappa shape index (κ1) is 79.7. The topological polar surface area (TPSA) is 0 Å². The Morgan fingerprint density at radius 3 is 0.717 bits per heavy atom. The fourth-order valence-corrected chi connectivity index (χ4v) is 25.8. The zero-order valence-corrected chi connectivity index (χ0v) is 77.1. The molecular weight excluding hydrogens is 1530 g/mol. The summed E-state index contributed by atoms with van der Waals surface area (Å²) < 4.78 is 0. The van der Waals surface area contributed by atoms with Gasteiger partial charge in [-0.3, -0.25) is 0 Å². The maximum atomic E-state index is 2.81. The second-order valence-corrected chi connectivity index (χ2v) is 42.3. The lowest BCUT2D eigenvalue weighted by Crippen LogP contribution is -2.26. The summed E-state index contributed by atoms with van der Waals surface area (Å²) in [4.78, 5) is 0. The third kappa shape index (κ3) is 11.8. The van der Waals surface area contributed by atoms with Crippen molar-refractivity contribution in [1.82, 2.24) is 0 Å². The largest absolute Gasteiger partial charge is 0.0654 e. The van der Waals surface area contributed by atoms with Crippen LogP contribution in [0, 0.1) is 0 Å². The van der Waals surface area contributed by atoms with Gasteiger partial charge in [0.25, 0.3) is 0 Å². The summed E-state index contributed by atoms with van der Waals surface area (Å²) in [6.07, 6.45) is 17.7. The molecule has 0 amide bonds. The van der Waals surface area contributed by atoms with Crippen molar-refractivity contribution < 1.29 is 0 Å². The molecule has 23 rings (SSSR count). The second kappa shape index (κ2) is 29.0. The molecule has 16 aromatic rings. The van der Waals surface area contributed by atoms with Crippen molar-refractivity contribution in [3.05, 3.63) is 369 Å². The second-order valence-electron chi connectivity index (χ2n) is 42.3. The van der Waals surface area contributed by atoms with E-state index in [2.05, 4.69) is 388 Å². The number of hydrogen-bond donors (Lipinski definition) is 0. The minimum Gasteiger partial charge on any atom is -0.0654 e. The molecule has 0 saturated carbocycles. The summed E-state index contributed by atoms with van der Waals surface area (Å²) >= 11 is 0. The molecule has 626 valence electrons. The first-order valence-electron chi connectivity index (χ1n) is 48.2. The first-order chi connectivity index (χ1) is 61.4. The number of fused-ring (bicyclic) bond motifs is 25. The standard InChI is InChI=1S/C127H118/c1-15-17-19-21-23-33-63-127(64-34-24-22-20-18-16-2)115-75-103-113(125(11,12)117-71-99(87-35-25-27-39-97(87)119(103)117)79-47-43-77(44-48-79)81-51-57-93-95-61-55-85(69-111(95)123(7,8)109(93)65-81)83-53-59-91-89-37-29-31-41-105(89)121(3,4)107(91)67-83)73-101(115)102-74-114-104(76-116(102)127)120-98-40-28-26-36-88(98)100(72-118(120)126(114,13)14)80-49-45-78(46-50-80)82-52-58-94-96-62-56-86(70-112(96)124(9,10)110(94)66-82)84-54-60-92-90-38-30-32-42-106(90)122(5,6)108(92)68-84/h25-32,35-62,65-76H,15-24,33-34,63-64H2,1-14H3. The summed E-state index contributed by atoms with van der Waals surface area (Å²) in [6.45, 7) is 34.2. The van der Waals surface area contributed by atoms with Gasteiger partial charge in [0, 0.05) is 37.9 Å². The Bertz CT molecular complexity index is 6870. The van der Waals surface area contributed by atoms with Crippen LogP contribution < -0.4 is 0 Å². The molecule has 0 unspecified atom stereocenters. The smallest absolute Gasteiger partial charge is 0.0215 e. The van der Waals surface area contributed by atoms with E-state index in [-0.39, 0.29) is 37.9 Å². The molecule has 0 bridgehead atoms. The number of benzene rings is 16. The average Bonchev–Trinajstić information content (AvgIpc) is 1.51. The summed E-state index contributed by atoms with van der Waals surface area (Å²) in [5.74, 6) is 0. The van der Waals surface area contributed by atoms with E-state index in [1.165, 1.54) is 310 Å². The Kier molecular flexibility index (Phi) is 18.2. The highest BCUT2D eigenvalue weighted by Gasteiger charge is 2.50. The van der Waals surface area contributed by atoms with Gasteiger partial charge >= 0.3 is 0 Å². The lowest BCUT2D eigenvalue weighted by Gasteiger charge is -2.34. The van der Waals surface area contributed by atoms with Gasteiger partial charge in [-0.25, -0.2) is 0 Å². The number of rotatable bonds is 20. The predicted molar refractivity (Wildman–Crippen MR) is 542 cm³/mol. The fraction of sp³-hybridized carbons (Fsp3) is 0.276. The van der Waals surface area contributed by atoms with Gasteiger partial charge in [0.1, 0.15) is 0 Å². The van der Waals surface area contributed by atoms with Gasteiger partial charge in [-0.1, -0.05) is 392 Å². The van der Waals surface area contributed by atoms with Gasteiger partial charge in [0.15, 0.2) is 0 Å². The summed E-state index contributed by atoms with van der Waals surface area (Å²) in [7, 11) is 0. The van der Waals surface area contributed by atoms with Crippen LogP contribution in [-0.4, -0.2) is 0 Å². The molecule has 0 aliphatic heterocycles. The van der Waals surface area contributed by atoms with Crippen LogP contribution in [0.15, 0.2) is 291 Å². The molecule has 0 aromatic heterocycles. The molecule has 0 nitrogen and oxygen atoms in total. The van der Waals surface area contributed by atoms with Gasteiger partial charge in [-0.15, -0.1) is 0 Å². The normalized spacial score (nSPS) is 16.2. The lowest BCUT2D eigenvalue weighted by atomic mass is 9.69. The highest BCUT2D eigenvalue weighted by Crippen LogP contribution is 2.65. The van der Waals surface area contributed by atoms with Crippen molar-refractivity contribution >= 4 is 21.5 Å². The van der Waals surface area contributed by atoms with Gasteiger partial charge in [0.05, 0.1) is 0 Å². The van der Waals surface area contributed by atoms with Crippen LogP contribution >= 0.6 is 0 Å². The van der Waals surface area contributed by atoms with Crippen LogP contribution in [0.3, 0.4) is 0 Å². The van der Waals surface area contributed by atoms with Crippen molar-refractivity contribution in [2.24, 2.45) is 0 Å². The molecule has 16 aromatic carbocycles. The fourth-order valence-electron chi connectivity index (χ4n) is 25.8. The van der Waals surface area contributed by atoms with Crippen LogP contribution in [0.25, 0.3) is 166 Å². The summed E-state index contributed by atoms with van der Waals surface area (Å²) in [5.41, 5.74) is 54.0. The maximum absolute atomic E-state index is 2.81. The van der Waals surface area contributed by atoms with E-state index in [4.69, 9.17) is 0 Å². The third-order valence-electron chi connectivity index (χ3n) is 33.1. The van der Waals surface area contributed by atoms with E-state index in [1.54, 1.807) is 11.1 Å². The Hall–Kier alpha value is -12.0. The van der Waals surface area contributed by atoms with Crippen molar-refractivity contribution in [2.45, 2.75) is 225 Å². The summed E-state index contributed by atoms with van der Waals surface area (Å²) in [6, 6.07) is 116. The van der Waals surface area contributed by atoms with Crippen molar-refractivity contribution in [2.75, 3.05) is 0 Å². The van der Waals surface area contributed by atoms with Crippen LogP contribution in [-0.2, 0) is 37.9 Å². The van der Waals surface area contributed by atoms with Crippen LogP contribution in [0.4, 0.5) is 0 Å². The van der Waals surface area contributed by atoms with E-state index >= 15 is 0 Å². The highest BCUT2D eigenvalue weighted by molar-refractivity contribution is 6.12. The molecule has 0 spiro atoms. The zero-order valence-electron chi connectivity index (χ0n) is 77.1. The average molecular weight is 1640 g/mol. The minimum atomic E-state index is -0.269. The molecule has 0 heteroatoms. The number of hydrogen-bond acceptors (Lipinski definition) is 0. The lowest BCUT2D eigenvalue weighted by molar-refractivity contribution is 0.398. The molecule has 7 aliphatic rings. The summed E-state index contributed by atoms with van der Waals surface area (Å²) in [5, 5.41) is 5.37. The van der Waals surface area contributed by atoms with E-state index < -0.39 is 0 Å². The molecule has 127 heavy (non-hydrogen) atoms. The molecule has 0 fully saturated rings. The first-order valence-corrected chi connectivity index (χ1v) is 48.2. The molecule has 0 N–H and O–H groups in total. The van der Waals surface area contributed by atoms with E-state index in [9.17, 15) is 0 Å². The van der Waals surface area contributed by atoms with E-state index in [0.717, 1.165) is 12.8 Å². The van der Waals surface area contributed by atoms with E-state index in [0.29, 0.717) is 0 Å². The molecule has 0 atom stereocenters. The van der Waals surface area contributed by atoms with Gasteiger partial charge in [0.2, 0.25) is 0 Å². The number of unbranched alkanes of at least 4 members (excludes halogenated alkanes) is 10. The molecule has 7 aliphatic carbocycles. The van der Waals surface area contributed by atoms with Gasteiger partial charge in [-0.05, 0) is 330 Å². The van der Waals surface area contributed by atoms with Crippen molar-refractivity contribution in [3.63, 3.8) is 0 Å².